The van der Waals surface area contributed by atoms with E-state index in [9.17, 15) is 8.42 Å². The minimum Gasteiger partial charge on any atom is -0.316 e. The quantitative estimate of drug-likeness (QED) is 0.819. The molecule has 5 heteroatoms. The topological polar surface area (TPSA) is 49.4 Å². The van der Waals surface area contributed by atoms with Crippen molar-refractivity contribution < 1.29 is 8.42 Å². The van der Waals surface area contributed by atoms with Gasteiger partial charge in [-0.1, -0.05) is 33.1 Å². The number of hydrogen-bond acceptors (Lipinski definition) is 3. The van der Waals surface area contributed by atoms with Gasteiger partial charge in [0.05, 0.1) is 5.25 Å². The standard InChI is InChI=1S/C16H32N2O2S/c1-14(2)12-17-13-15-8-10-18(11-9-15)21(19,20)16-6-4-3-5-7-16/h14-17H,3-13H2,1-2H3. The van der Waals surface area contributed by atoms with Crippen LogP contribution in [0, 0.1) is 11.8 Å². The second-order valence-electron chi connectivity index (χ2n) is 7.20. The molecular weight excluding hydrogens is 284 g/mol. The SMILES string of the molecule is CC(C)CNCC1CCN(S(=O)(=O)C2CCCCC2)CC1. The van der Waals surface area contributed by atoms with E-state index in [0.29, 0.717) is 11.8 Å². The van der Waals surface area contributed by atoms with Gasteiger partial charge in [-0.25, -0.2) is 12.7 Å². The summed E-state index contributed by atoms with van der Waals surface area (Å²) in [5.74, 6) is 1.32. The van der Waals surface area contributed by atoms with Crippen LogP contribution < -0.4 is 5.32 Å². The predicted octanol–water partition coefficient (Wildman–Crippen LogP) is 2.61. The van der Waals surface area contributed by atoms with Gasteiger partial charge in [-0.05, 0) is 50.6 Å². The highest BCUT2D eigenvalue weighted by atomic mass is 32.2. The summed E-state index contributed by atoms with van der Waals surface area (Å²) in [5.41, 5.74) is 0. The zero-order valence-corrected chi connectivity index (χ0v) is 14.5. The largest absolute Gasteiger partial charge is 0.316 e. The molecule has 0 spiro atoms. The first-order valence-corrected chi connectivity index (χ1v) is 10.2. The van der Waals surface area contributed by atoms with Gasteiger partial charge in [0.25, 0.3) is 0 Å². The van der Waals surface area contributed by atoms with Crippen molar-refractivity contribution in [2.45, 2.75) is 64.0 Å². The maximum Gasteiger partial charge on any atom is 0.216 e. The van der Waals surface area contributed by atoms with Crippen LogP contribution in [0.5, 0.6) is 0 Å². The van der Waals surface area contributed by atoms with Crippen LogP contribution in [0.15, 0.2) is 0 Å². The number of nitrogens with one attached hydrogen (secondary N) is 1. The van der Waals surface area contributed by atoms with Crippen LogP contribution in [0.4, 0.5) is 0 Å². The fourth-order valence-corrected chi connectivity index (χ4v) is 5.59. The highest BCUT2D eigenvalue weighted by Crippen LogP contribution is 2.28. The maximum atomic E-state index is 12.7. The second kappa shape index (κ2) is 7.93. The zero-order chi connectivity index (χ0) is 15.3. The van der Waals surface area contributed by atoms with E-state index < -0.39 is 10.0 Å². The molecule has 1 saturated heterocycles. The van der Waals surface area contributed by atoms with E-state index in [4.69, 9.17) is 0 Å². The molecule has 1 N–H and O–H groups in total. The smallest absolute Gasteiger partial charge is 0.216 e. The second-order valence-corrected chi connectivity index (χ2v) is 9.41. The molecule has 0 unspecified atom stereocenters. The van der Waals surface area contributed by atoms with Crippen LogP contribution in [0.25, 0.3) is 0 Å². The summed E-state index contributed by atoms with van der Waals surface area (Å²) in [6, 6.07) is 0. The third kappa shape index (κ3) is 4.93. The zero-order valence-electron chi connectivity index (χ0n) is 13.7. The minimum absolute atomic E-state index is 0.0955. The first kappa shape index (κ1) is 17.2. The lowest BCUT2D eigenvalue weighted by Crippen LogP contribution is -2.45. The molecule has 1 saturated carbocycles. The summed E-state index contributed by atoms with van der Waals surface area (Å²) in [7, 11) is -3.03. The van der Waals surface area contributed by atoms with Crippen molar-refractivity contribution in [3.05, 3.63) is 0 Å². The van der Waals surface area contributed by atoms with E-state index in [2.05, 4.69) is 19.2 Å². The Balaban J connectivity index is 1.77. The van der Waals surface area contributed by atoms with Gasteiger partial charge in [0.1, 0.15) is 0 Å². The number of piperidine rings is 1. The first-order valence-electron chi connectivity index (χ1n) is 8.70. The number of hydrogen-bond donors (Lipinski definition) is 1. The molecular formula is C16H32N2O2S. The van der Waals surface area contributed by atoms with E-state index in [1.165, 1.54) is 6.42 Å². The summed E-state index contributed by atoms with van der Waals surface area (Å²) in [4.78, 5) is 0. The van der Waals surface area contributed by atoms with E-state index in [1.54, 1.807) is 4.31 Å². The Morgan fingerprint density at radius 2 is 1.67 bits per heavy atom. The molecule has 1 aliphatic carbocycles. The van der Waals surface area contributed by atoms with Crippen LogP contribution in [0.3, 0.4) is 0 Å². The molecule has 0 radical (unpaired) electrons. The van der Waals surface area contributed by atoms with Crippen molar-refractivity contribution in [1.82, 2.24) is 9.62 Å². The highest BCUT2D eigenvalue weighted by Gasteiger charge is 2.34. The molecule has 1 heterocycles. The lowest BCUT2D eigenvalue weighted by Gasteiger charge is -2.35. The monoisotopic (exact) mass is 316 g/mol. The maximum absolute atomic E-state index is 12.7. The molecule has 124 valence electrons. The van der Waals surface area contributed by atoms with Gasteiger partial charge < -0.3 is 5.32 Å². The van der Waals surface area contributed by atoms with Crippen LogP contribution in [0.2, 0.25) is 0 Å². The third-order valence-electron chi connectivity index (χ3n) is 4.89. The van der Waals surface area contributed by atoms with Crippen LogP contribution >= 0.6 is 0 Å². The molecule has 0 bridgehead atoms. The van der Waals surface area contributed by atoms with Gasteiger partial charge >= 0.3 is 0 Å². The normalized spacial score (nSPS) is 23.8. The Bertz CT molecular complexity index is 395. The number of nitrogens with zero attached hydrogens (tertiary/aromatic N) is 1. The van der Waals surface area contributed by atoms with Crippen molar-refractivity contribution in [3.63, 3.8) is 0 Å². The fraction of sp³-hybridized carbons (Fsp3) is 1.00. The first-order chi connectivity index (χ1) is 10.00. The van der Waals surface area contributed by atoms with E-state index in [0.717, 1.165) is 64.7 Å². The fourth-order valence-electron chi connectivity index (χ4n) is 3.52. The molecule has 21 heavy (non-hydrogen) atoms. The summed E-state index contributed by atoms with van der Waals surface area (Å²) in [6.45, 7) is 7.98. The molecule has 4 nitrogen and oxygen atoms in total. The van der Waals surface area contributed by atoms with Crippen LogP contribution in [-0.2, 0) is 10.0 Å². The Morgan fingerprint density at radius 3 is 2.24 bits per heavy atom. The van der Waals surface area contributed by atoms with Crippen LogP contribution in [0.1, 0.15) is 58.8 Å². The lowest BCUT2D eigenvalue weighted by atomic mass is 9.98. The molecule has 2 fully saturated rings. The molecule has 0 amide bonds. The van der Waals surface area contributed by atoms with Crippen molar-refractivity contribution in [2.75, 3.05) is 26.2 Å². The summed E-state index contributed by atoms with van der Waals surface area (Å²) in [6.07, 6.45) is 7.14. The summed E-state index contributed by atoms with van der Waals surface area (Å²) >= 11 is 0. The summed E-state index contributed by atoms with van der Waals surface area (Å²) < 4.78 is 27.1. The van der Waals surface area contributed by atoms with Crippen molar-refractivity contribution in [2.24, 2.45) is 11.8 Å². The third-order valence-corrected chi connectivity index (χ3v) is 7.29. The number of rotatable bonds is 6. The Labute approximate surface area is 130 Å². The Morgan fingerprint density at radius 1 is 1.05 bits per heavy atom. The predicted molar refractivity (Wildman–Crippen MR) is 87.8 cm³/mol. The van der Waals surface area contributed by atoms with Gasteiger partial charge in [0.15, 0.2) is 0 Å². The molecule has 0 aromatic carbocycles. The van der Waals surface area contributed by atoms with E-state index in [1.807, 2.05) is 0 Å². The molecule has 2 rings (SSSR count). The number of sulfonamides is 1. The van der Waals surface area contributed by atoms with Gasteiger partial charge in [-0.15, -0.1) is 0 Å². The van der Waals surface area contributed by atoms with Crippen LogP contribution in [-0.4, -0.2) is 44.2 Å². The highest BCUT2D eigenvalue weighted by molar-refractivity contribution is 7.89. The van der Waals surface area contributed by atoms with Crippen molar-refractivity contribution in [1.29, 1.82) is 0 Å². The Hall–Kier alpha value is -0.130. The van der Waals surface area contributed by atoms with Gasteiger partial charge in [-0.2, -0.15) is 0 Å². The van der Waals surface area contributed by atoms with Crippen molar-refractivity contribution >= 4 is 10.0 Å². The van der Waals surface area contributed by atoms with Gasteiger partial charge in [0.2, 0.25) is 10.0 Å². The molecule has 0 aromatic heterocycles. The van der Waals surface area contributed by atoms with E-state index in [-0.39, 0.29) is 5.25 Å². The average Bonchev–Trinajstić information content (AvgIpc) is 2.48. The molecule has 2 aliphatic rings. The summed E-state index contributed by atoms with van der Waals surface area (Å²) in [5, 5.41) is 3.41. The molecule has 1 aliphatic heterocycles. The van der Waals surface area contributed by atoms with Gasteiger partial charge in [-0.3, -0.25) is 0 Å². The van der Waals surface area contributed by atoms with Gasteiger partial charge in [0, 0.05) is 13.1 Å². The lowest BCUT2D eigenvalue weighted by molar-refractivity contribution is 0.261. The Kier molecular flexibility index (Phi) is 6.51. The van der Waals surface area contributed by atoms with E-state index >= 15 is 0 Å². The minimum atomic E-state index is -3.03. The molecule has 0 aromatic rings. The molecule has 0 atom stereocenters. The average molecular weight is 317 g/mol. The van der Waals surface area contributed by atoms with Crippen molar-refractivity contribution in [3.8, 4) is 0 Å².